The number of halogens is 2. The third-order valence-corrected chi connectivity index (χ3v) is 2.22. The number of nitrogens with one attached hydrogen (secondary N) is 2. The van der Waals surface area contributed by atoms with Gasteiger partial charge in [0.05, 0.1) is 12.2 Å². The van der Waals surface area contributed by atoms with Gasteiger partial charge in [-0.15, -0.1) is 0 Å². The monoisotopic (exact) mass is 258 g/mol. The van der Waals surface area contributed by atoms with E-state index in [2.05, 4.69) is 10.6 Å². The lowest BCUT2D eigenvalue weighted by Gasteiger charge is -2.08. The zero-order chi connectivity index (χ0) is 13.4. The van der Waals surface area contributed by atoms with Crippen LogP contribution in [-0.4, -0.2) is 32.7 Å². The molecule has 6 heteroatoms. The van der Waals surface area contributed by atoms with E-state index in [1.54, 1.807) is 7.11 Å². The largest absolute Gasteiger partial charge is 0.385 e. The van der Waals surface area contributed by atoms with Crippen molar-refractivity contribution in [2.24, 2.45) is 0 Å². The number of anilines is 1. The fourth-order valence-corrected chi connectivity index (χ4v) is 1.32. The first-order valence-corrected chi connectivity index (χ1v) is 5.58. The molecule has 18 heavy (non-hydrogen) atoms. The number of benzene rings is 1. The second-order valence-corrected chi connectivity index (χ2v) is 3.67. The van der Waals surface area contributed by atoms with E-state index in [0.29, 0.717) is 19.6 Å². The van der Waals surface area contributed by atoms with Crippen molar-refractivity contribution in [1.29, 1.82) is 0 Å². The van der Waals surface area contributed by atoms with Crippen molar-refractivity contribution < 1.29 is 18.3 Å². The Balaban J connectivity index is 2.29. The van der Waals surface area contributed by atoms with Crippen LogP contribution in [0.5, 0.6) is 0 Å². The van der Waals surface area contributed by atoms with Crippen LogP contribution in [0, 0.1) is 11.6 Å². The van der Waals surface area contributed by atoms with Gasteiger partial charge < -0.3 is 15.4 Å². The summed E-state index contributed by atoms with van der Waals surface area (Å²) in [6.45, 7) is 1.01. The summed E-state index contributed by atoms with van der Waals surface area (Å²) in [7, 11) is 1.58. The number of carbonyl (C=O) groups is 1. The van der Waals surface area contributed by atoms with Crippen LogP contribution >= 0.6 is 0 Å². The summed E-state index contributed by atoms with van der Waals surface area (Å²) in [6, 6.07) is 3.14. The van der Waals surface area contributed by atoms with Gasteiger partial charge in [0.25, 0.3) is 0 Å². The molecule has 1 aromatic rings. The van der Waals surface area contributed by atoms with Gasteiger partial charge in [-0.3, -0.25) is 4.79 Å². The predicted molar refractivity (Wildman–Crippen MR) is 64.4 cm³/mol. The minimum Gasteiger partial charge on any atom is -0.385 e. The van der Waals surface area contributed by atoms with E-state index in [0.717, 1.165) is 12.1 Å². The molecule has 1 aromatic carbocycles. The number of amides is 1. The van der Waals surface area contributed by atoms with E-state index in [4.69, 9.17) is 4.74 Å². The topological polar surface area (TPSA) is 50.4 Å². The smallest absolute Gasteiger partial charge is 0.239 e. The summed E-state index contributed by atoms with van der Waals surface area (Å²) in [5, 5.41) is 5.24. The molecule has 4 nitrogen and oxygen atoms in total. The lowest BCUT2D eigenvalue weighted by atomic mass is 10.3. The van der Waals surface area contributed by atoms with Crippen LogP contribution < -0.4 is 10.6 Å². The van der Waals surface area contributed by atoms with Gasteiger partial charge in [0.2, 0.25) is 5.91 Å². The van der Waals surface area contributed by atoms with Crippen molar-refractivity contribution in [3.8, 4) is 0 Å². The molecule has 0 radical (unpaired) electrons. The highest BCUT2D eigenvalue weighted by atomic mass is 19.1. The van der Waals surface area contributed by atoms with Crippen molar-refractivity contribution in [2.45, 2.75) is 6.42 Å². The van der Waals surface area contributed by atoms with Gasteiger partial charge in [-0.1, -0.05) is 0 Å². The highest BCUT2D eigenvalue weighted by Crippen LogP contribution is 2.14. The van der Waals surface area contributed by atoms with E-state index < -0.39 is 11.6 Å². The number of hydrogen-bond acceptors (Lipinski definition) is 3. The molecule has 0 heterocycles. The first-order valence-electron chi connectivity index (χ1n) is 5.58. The van der Waals surface area contributed by atoms with E-state index in [-0.39, 0.29) is 18.1 Å². The summed E-state index contributed by atoms with van der Waals surface area (Å²) in [5.74, 6) is -1.63. The highest BCUT2D eigenvalue weighted by molar-refractivity contribution is 5.80. The molecule has 0 aliphatic rings. The minimum absolute atomic E-state index is 0.0600. The molecule has 1 amide bonds. The van der Waals surface area contributed by atoms with Crippen molar-refractivity contribution in [3.05, 3.63) is 29.8 Å². The Morgan fingerprint density at radius 2 is 2.17 bits per heavy atom. The highest BCUT2D eigenvalue weighted by Gasteiger charge is 2.05. The van der Waals surface area contributed by atoms with Crippen LogP contribution in [0.1, 0.15) is 6.42 Å². The van der Waals surface area contributed by atoms with Crippen LogP contribution in [0.25, 0.3) is 0 Å². The first kappa shape index (κ1) is 14.4. The molecule has 100 valence electrons. The summed E-state index contributed by atoms with van der Waals surface area (Å²) in [6.07, 6.45) is 0.715. The molecule has 0 aromatic heterocycles. The maximum atomic E-state index is 13.2. The van der Waals surface area contributed by atoms with Gasteiger partial charge >= 0.3 is 0 Å². The summed E-state index contributed by atoms with van der Waals surface area (Å²) < 4.78 is 30.7. The summed E-state index contributed by atoms with van der Waals surface area (Å²) in [5.41, 5.74) is 0.100. The van der Waals surface area contributed by atoms with Crippen molar-refractivity contribution >= 4 is 11.6 Å². The van der Waals surface area contributed by atoms with E-state index in [9.17, 15) is 13.6 Å². The zero-order valence-electron chi connectivity index (χ0n) is 10.1. The second kappa shape index (κ2) is 7.60. The van der Waals surface area contributed by atoms with Gasteiger partial charge in [0.1, 0.15) is 11.6 Å². The Bertz CT molecular complexity index is 400. The lowest BCUT2D eigenvalue weighted by molar-refractivity contribution is -0.119. The number of rotatable bonds is 7. The van der Waals surface area contributed by atoms with Gasteiger partial charge in [-0.05, 0) is 18.6 Å². The van der Waals surface area contributed by atoms with Crippen molar-refractivity contribution in [1.82, 2.24) is 5.32 Å². The van der Waals surface area contributed by atoms with Crippen LogP contribution in [0.4, 0.5) is 14.5 Å². The average Bonchev–Trinajstić information content (AvgIpc) is 2.33. The Kier molecular flexibility index (Phi) is 6.07. The van der Waals surface area contributed by atoms with Gasteiger partial charge in [0.15, 0.2) is 0 Å². The SMILES string of the molecule is COCCCNC(=O)CNc1ccc(F)cc1F. The first-order chi connectivity index (χ1) is 8.63. The maximum absolute atomic E-state index is 13.2. The molecule has 0 atom stereocenters. The number of ether oxygens (including phenoxy) is 1. The van der Waals surface area contributed by atoms with E-state index in [1.807, 2.05) is 0 Å². The molecule has 2 N–H and O–H groups in total. The Hall–Kier alpha value is -1.69. The number of hydrogen-bond donors (Lipinski definition) is 2. The molecule has 1 rings (SSSR count). The molecule has 0 saturated heterocycles. The number of carbonyl (C=O) groups excluding carboxylic acids is 1. The average molecular weight is 258 g/mol. The van der Waals surface area contributed by atoms with E-state index in [1.165, 1.54) is 6.07 Å². The van der Waals surface area contributed by atoms with Gasteiger partial charge in [-0.25, -0.2) is 8.78 Å². The molecule has 0 aliphatic heterocycles. The lowest BCUT2D eigenvalue weighted by Crippen LogP contribution is -2.31. The molecular formula is C12H16F2N2O2. The van der Waals surface area contributed by atoms with Crippen LogP contribution in [0.15, 0.2) is 18.2 Å². The zero-order valence-corrected chi connectivity index (χ0v) is 10.1. The molecule has 0 spiro atoms. The van der Waals surface area contributed by atoms with Crippen LogP contribution in [-0.2, 0) is 9.53 Å². The summed E-state index contributed by atoms with van der Waals surface area (Å²) in [4.78, 5) is 11.3. The maximum Gasteiger partial charge on any atom is 0.239 e. The van der Waals surface area contributed by atoms with Gasteiger partial charge in [0, 0.05) is 26.3 Å². The quantitative estimate of drug-likeness (QED) is 0.729. The second-order valence-electron chi connectivity index (χ2n) is 3.67. The molecule has 0 fully saturated rings. The molecule has 0 aliphatic carbocycles. The van der Waals surface area contributed by atoms with E-state index >= 15 is 0 Å². The Labute approximate surface area is 104 Å². The molecule has 0 unspecified atom stereocenters. The number of methoxy groups -OCH3 is 1. The fourth-order valence-electron chi connectivity index (χ4n) is 1.32. The third kappa shape index (κ3) is 5.09. The molecular weight excluding hydrogens is 242 g/mol. The summed E-state index contributed by atoms with van der Waals surface area (Å²) >= 11 is 0. The minimum atomic E-state index is -0.720. The van der Waals surface area contributed by atoms with Crippen molar-refractivity contribution in [3.63, 3.8) is 0 Å². The van der Waals surface area contributed by atoms with Crippen LogP contribution in [0.3, 0.4) is 0 Å². The van der Waals surface area contributed by atoms with Crippen LogP contribution in [0.2, 0.25) is 0 Å². The fraction of sp³-hybridized carbons (Fsp3) is 0.417. The Morgan fingerprint density at radius 3 is 2.83 bits per heavy atom. The molecule has 0 bridgehead atoms. The predicted octanol–water partition coefficient (Wildman–Crippen LogP) is 1.53. The standard InChI is InChI=1S/C12H16F2N2O2/c1-18-6-2-5-15-12(17)8-16-11-4-3-9(13)7-10(11)14/h3-4,7,16H,2,5-6,8H2,1H3,(H,15,17). The third-order valence-electron chi connectivity index (χ3n) is 2.22. The van der Waals surface area contributed by atoms with Crippen molar-refractivity contribution in [2.75, 3.05) is 32.1 Å². The molecule has 0 saturated carbocycles. The normalized spacial score (nSPS) is 10.2. The van der Waals surface area contributed by atoms with Gasteiger partial charge in [-0.2, -0.15) is 0 Å². The Morgan fingerprint density at radius 1 is 1.39 bits per heavy atom.